The van der Waals surface area contributed by atoms with Crippen LogP contribution in [-0.4, -0.2) is 18.8 Å². The summed E-state index contributed by atoms with van der Waals surface area (Å²) in [5.41, 5.74) is 6.17. The molecular weight excluding hydrogens is 223 g/mol. The van der Waals surface area contributed by atoms with E-state index in [1.54, 1.807) is 17.4 Å². The van der Waals surface area contributed by atoms with E-state index in [2.05, 4.69) is 5.32 Å². The Hall–Kier alpha value is -1.92. The minimum atomic E-state index is -4.42. The summed E-state index contributed by atoms with van der Waals surface area (Å²) in [4.78, 5) is 11.0. The Morgan fingerprint density at radius 3 is 2.62 bits per heavy atom. The summed E-state index contributed by atoms with van der Waals surface area (Å²) in [6.07, 6.45) is -4.42. The first-order valence-electron chi connectivity index (χ1n) is 4.34. The van der Waals surface area contributed by atoms with Crippen LogP contribution in [0.2, 0.25) is 0 Å². The lowest BCUT2D eigenvalue weighted by Crippen LogP contribution is -2.36. The van der Waals surface area contributed by atoms with E-state index < -0.39 is 18.8 Å². The maximum atomic E-state index is 11.8. The number of benzene rings is 1. The normalized spacial score (nSPS) is 10.9. The molecular formula is C9H10F3N3O. The number of halogens is 3. The van der Waals surface area contributed by atoms with Crippen LogP contribution < -0.4 is 16.4 Å². The second kappa shape index (κ2) is 4.73. The van der Waals surface area contributed by atoms with Crippen LogP contribution in [0.3, 0.4) is 0 Å². The third kappa shape index (κ3) is 4.54. The van der Waals surface area contributed by atoms with E-state index in [-0.39, 0.29) is 0 Å². The first kappa shape index (κ1) is 12.2. The predicted octanol–water partition coefficient (Wildman–Crippen LogP) is 1.95. The van der Waals surface area contributed by atoms with Crippen molar-refractivity contribution in [3.8, 4) is 0 Å². The first-order chi connectivity index (χ1) is 7.37. The molecule has 16 heavy (non-hydrogen) atoms. The number of carbonyl (C=O) groups excluding carboxylic acids is 1. The smallest absolute Gasteiger partial charge is 0.399 e. The van der Waals surface area contributed by atoms with Gasteiger partial charge in [-0.1, -0.05) is 6.07 Å². The maximum absolute atomic E-state index is 11.8. The summed E-state index contributed by atoms with van der Waals surface area (Å²) in [6, 6.07) is 5.20. The average molecular weight is 233 g/mol. The van der Waals surface area contributed by atoms with Gasteiger partial charge in [-0.05, 0) is 18.2 Å². The van der Waals surface area contributed by atoms with Gasteiger partial charge in [-0.15, -0.1) is 0 Å². The van der Waals surface area contributed by atoms with Crippen LogP contribution >= 0.6 is 0 Å². The average Bonchev–Trinajstić information content (AvgIpc) is 2.14. The van der Waals surface area contributed by atoms with E-state index >= 15 is 0 Å². The quantitative estimate of drug-likeness (QED) is 0.683. The standard InChI is InChI=1S/C9H10F3N3O/c10-9(11,12)5-14-8(16)15-7-3-1-2-6(13)4-7/h1-4H,5,13H2,(H2,14,15,16). The molecule has 0 heterocycles. The van der Waals surface area contributed by atoms with Crippen molar-refractivity contribution in [2.75, 3.05) is 17.6 Å². The molecule has 0 aliphatic rings. The molecule has 4 nitrogen and oxygen atoms in total. The van der Waals surface area contributed by atoms with E-state index in [1.807, 2.05) is 0 Å². The summed E-state index contributed by atoms with van der Waals surface area (Å²) in [7, 11) is 0. The monoisotopic (exact) mass is 233 g/mol. The molecule has 1 aromatic carbocycles. The van der Waals surface area contributed by atoms with Crippen molar-refractivity contribution in [1.29, 1.82) is 0 Å². The molecule has 88 valence electrons. The molecule has 1 rings (SSSR count). The Morgan fingerprint density at radius 1 is 1.38 bits per heavy atom. The second-order valence-corrected chi connectivity index (χ2v) is 3.05. The van der Waals surface area contributed by atoms with Crippen LogP contribution in [0.15, 0.2) is 24.3 Å². The van der Waals surface area contributed by atoms with Gasteiger partial charge >= 0.3 is 12.2 Å². The Balaban J connectivity index is 2.46. The van der Waals surface area contributed by atoms with E-state index in [1.165, 1.54) is 12.1 Å². The van der Waals surface area contributed by atoms with Gasteiger partial charge in [0.05, 0.1) is 0 Å². The van der Waals surface area contributed by atoms with Gasteiger partial charge in [0.15, 0.2) is 0 Å². The third-order valence-corrected chi connectivity index (χ3v) is 1.59. The highest BCUT2D eigenvalue weighted by molar-refractivity contribution is 5.89. The molecule has 0 bridgehead atoms. The fraction of sp³-hybridized carbons (Fsp3) is 0.222. The third-order valence-electron chi connectivity index (χ3n) is 1.59. The molecule has 0 spiro atoms. The van der Waals surface area contributed by atoms with Gasteiger partial charge in [0.25, 0.3) is 0 Å². The molecule has 2 amide bonds. The number of nitrogens with two attached hydrogens (primary N) is 1. The van der Waals surface area contributed by atoms with Gasteiger partial charge in [0.1, 0.15) is 6.54 Å². The number of anilines is 2. The molecule has 1 aromatic rings. The van der Waals surface area contributed by atoms with Crippen molar-refractivity contribution in [2.24, 2.45) is 0 Å². The number of hydrogen-bond donors (Lipinski definition) is 3. The van der Waals surface area contributed by atoms with Crippen LogP contribution in [0.5, 0.6) is 0 Å². The minimum Gasteiger partial charge on any atom is -0.399 e. The number of hydrogen-bond acceptors (Lipinski definition) is 2. The van der Waals surface area contributed by atoms with E-state index in [0.29, 0.717) is 11.4 Å². The van der Waals surface area contributed by atoms with Crippen LogP contribution in [-0.2, 0) is 0 Å². The molecule has 0 saturated carbocycles. The maximum Gasteiger partial charge on any atom is 0.405 e. The Labute approximate surface area is 89.6 Å². The second-order valence-electron chi connectivity index (χ2n) is 3.05. The van der Waals surface area contributed by atoms with Crippen LogP contribution in [0.4, 0.5) is 29.3 Å². The van der Waals surface area contributed by atoms with E-state index in [9.17, 15) is 18.0 Å². The topological polar surface area (TPSA) is 67.1 Å². The number of nitrogens with one attached hydrogen (secondary N) is 2. The lowest BCUT2D eigenvalue weighted by molar-refractivity contribution is -0.122. The zero-order valence-electron chi connectivity index (χ0n) is 8.14. The van der Waals surface area contributed by atoms with E-state index in [0.717, 1.165) is 0 Å². The van der Waals surface area contributed by atoms with Gasteiger partial charge in [-0.3, -0.25) is 0 Å². The SMILES string of the molecule is Nc1cccc(NC(=O)NCC(F)(F)F)c1. The summed E-state index contributed by atoms with van der Waals surface area (Å²) >= 11 is 0. The Bertz CT molecular complexity index is 379. The van der Waals surface area contributed by atoms with Crippen molar-refractivity contribution in [3.63, 3.8) is 0 Å². The van der Waals surface area contributed by atoms with Gasteiger partial charge in [0.2, 0.25) is 0 Å². The van der Waals surface area contributed by atoms with Crippen molar-refractivity contribution in [3.05, 3.63) is 24.3 Å². The van der Waals surface area contributed by atoms with Crippen LogP contribution in [0.25, 0.3) is 0 Å². The molecule has 0 saturated heterocycles. The number of alkyl halides is 3. The fourth-order valence-electron chi connectivity index (χ4n) is 0.972. The Morgan fingerprint density at radius 2 is 2.06 bits per heavy atom. The number of rotatable bonds is 2. The van der Waals surface area contributed by atoms with Crippen molar-refractivity contribution >= 4 is 17.4 Å². The summed E-state index contributed by atoms with van der Waals surface area (Å²) in [6.45, 7) is -1.37. The fourth-order valence-corrected chi connectivity index (χ4v) is 0.972. The molecule has 0 aromatic heterocycles. The van der Waals surface area contributed by atoms with Crippen molar-refractivity contribution < 1.29 is 18.0 Å². The van der Waals surface area contributed by atoms with Gasteiger partial charge in [0, 0.05) is 11.4 Å². The van der Waals surface area contributed by atoms with E-state index in [4.69, 9.17) is 5.73 Å². The van der Waals surface area contributed by atoms with Crippen LogP contribution in [0.1, 0.15) is 0 Å². The molecule has 7 heteroatoms. The highest BCUT2D eigenvalue weighted by Crippen LogP contribution is 2.13. The van der Waals surface area contributed by atoms with Crippen molar-refractivity contribution in [1.82, 2.24) is 5.32 Å². The number of carbonyl (C=O) groups is 1. The first-order valence-corrected chi connectivity index (χ1v) is 4.34. The highest BCUT2D eigenvalue weighted by Gasteiger charge is 2.27. The zero-order chi connectivity index (χ0) is 12.2. The zero-order valence-corrected chi connectivity index (χ0v) is 8.14. The molecule has 4 N–H and O–H groups in total. The van der Waals surface area contributed by atoms with Gasteiger partial charge < -0.3 is 16.4 Å². The highest BCUT2D eigenvalue weighted by atomic mass is 19.4. The minimum absolute atomic E-state index is 0.333. The number of urea groups is 1. The lowest BCUT2D eigenvalue weighted by Gasteiger charge is -2.09. The predicted molar refractivity (Wildman–Crippen MR) is 53.9 cm³/mol. The molecule has 0 radical (unpaired) electrons. The molecule has 0 aliphatic carbocycles. The molecule has 0 aliphatic heterocycles. The number of nitrogen functional groups attached to an aromatic ring is 1. The Kier molecular flexibility index (Phi) is 3.60. The summed E-state index contributed by atoms with van der Waals surface area (Å²) in [5.74, 6) is 0. The van der Waals surface area contributed by atoms with Crippen molar-refractivity contribution in [2.45, 2.75) is 6.18 Å². The largest absolute Gasteiger partial charge is 0.405 e. The lowest BCUT2D eigenvalue weighted by atomic mass is 10.3. The molecule has 0 atom stereocenters. The molecule has 0 fully saturated rings. The van der Waals surface area contributed by atoms with Gasteiger partial charge in [-0.2, -0.15) is 13.2 Å². The summed E-state index contributed by atoms with van der Waals surface area (Å²) < 4.78 is 35.3. The number of amides is 2. The molecule has 0 unspecified atom stereocenters. The summed E-state index contributed by atoms with van der Waals surface area (Å²) in [5, 5.41) is 3.90. The van der Waals surface area contributed by atoms with Gasteiger partial charge in [-0.25, -0.2) is 4.79 Å². The van der Waals surface area contributed by atoms with Crippen LogP contribution in [0, 0.1) is 0 Å².